The van der Waals surface area contributed by atoms with E-state index < -0.39 is 17.7 Å². The van der Waals surface area contributed by atoms with Crippen LogP contribution in [-0.4, -0.2) is 86.1 Å². The Kier molecular flexibility index (Phi) is 4.91. The molecular formula is C25H30F3N7O2. The molecule has 2 aromatic rings. The van der Waals surface area contributed by atoms with Crippen molar-refractivity contribution in [1.82, 2.24) is 29.5 Å². The number of carbonyl (C=O) groups excluding carboxylic acids is 1. The van der Waals surface area contributed by atoms with Gasteiger partial charge in [-0.1, -0.05) is 6.07 Å². The van der Waals surface area contributed by atoms with E-state index in [1.165, 1.54) is 0 Å². The third-order valence-electron chi connectivity index (χ3n) is 9.05. The van der Waals surface area contributed by atoms with Gasteiger partial charge in [0.05, 0.1) is 12.0 Å². The van der Waals surface area contributed by atoms with Crippen LogP contribution in [-0.2, 0) is 5.60 Å². The van der Waals surface area contributed by atoms with Crippen molar-refractivity contribution in [2.75, 3.05) is 44.2 Å². The number of nitrogens with zero attached hydrogens (tertiary/aromatic N) is 7. The van der Waals surface area contributed by atoms with Crippen LogP contribution in [0.4, 0.5) is 23.8 Å². The standard InChI is InChI=1S/C25H30F3N7O2/c26-25(27,28)18-3-6-32(12-18)20-2-1-16(9-29-20)17-10-33(11-17)22(36)34-13-23(14-34)7-19(8-23)35-15-30-21(31-35)24(37)4-5-24/h1-2,9,15,17-19,37H,3-8,10-14H2/t18-/m0/s1. The van der Waals surface area contributed by atoms with Gasteiger partial charge in [-0.15, -0.1) is 0 Å². The molecule has 3 saturated heterocycles. The minimum atomic E-state index is -4.16. The monoisotopic (exact) mass is 517 g/mol. The molecule has 0 unspecified atom stereocenters. The van der Waals surface area contributed by atoms with E-state index in [0.29, 0.717) is 31.3 Å². The maximum atomic E-state index is 13.0. The smallest absolute Gasteiger partial charge is 0.382 e. The zero-order valence-electron chi connectivity index (χ0n) is 20.4. The minimum Gasteiger partial charge on any atom is -0.382 e. The van der Waals surface area contributed by atoms with Crippen molar-refractivity contribution in [3.63, 3.8) is 0 Å². The summed E-state index contributed by atoms with van der Waals surface area (Å²) in [6, 6.07) is 4.09. The lowest BCUT2D eigenvalue weighted by Crippen LogP contribution is -2.67. The Morgan fingerprint density at radius 2 is 1.81 bits per heavy atom. The SMILES string of the molecule is O=C(N1CC(c2ccc(N3CC[C@H](C(F)(F)F)C3)nc2)C1)N1CC2(CC(n3cnc(C4(O)CC4)n3)C2)C1. The molecule has 5 fully saturated rings. The van der Waals surface area contributed by atoms with Crippen molar-refractivity contribution < 1.29 is 23.1 Å². The van der Waals surface area contributed by atoms with E-state index >= 15 is 0 Å². The molecule has 5 heterocycles. The Balaban J connectivity index is 0.866. The number of anilines is 1. The molecule has 1 spiro atoms. The van der Waals surface area contributed by atoms with Gasteiger partial charge in [-0.25, -0.2) is 19.4 Å². The Bertz CT molecular complexity index is 1190. The van der Waals surface area contributed by atoms with Crippen molar-refractivity contribution in [2.45, 2.75) is 55.8 Å². The van der Waals surface area contributed by atoms with E-state index in [2.05, 4.69) is 15.1 Å². The number of hydrogen-bond donors (Lipinski definition) is 1. The van der Waals surface area contributed by atoms with E-state index in [0.717, 1.165) is 44.3 Å². The average molecular weight is 518 g/mol. The molecule has 2 amide bonds. The van der Waals surface area contributed by atoms with Gasteiger partial charge in [0.15, 0.2) is 5.82 Å². The number of hydrogen-bond acceptors (Lipinski definition) is 6. The average Bonchev–Trinajstić information content (AvgIpc) is 3.17. The first-order valence-electron chi connectivity index (χ1n) is 13.1. The molecule has 0 radical (unpaired) electrons. The second-order valence-electron chi connectivity index (χ2n) is 11.8. The maximum absolute atomic E-state index is 13.0. The van der Waals surface area contributed by atoms with E-state index in [4.69, 9.17) is 0 Å². The summed E-state index contributed by atoms with van der Waals surface area (Å²) in [5.41, 5.74) is 0.380. The molecule has 0 bridgehead atoms. The fourth-order valence-corrected chi connectivity index (χ4v) is 6.40. The third kappa shape index (κ3) is 3.95. The van der Waals surface area contributed by atoms with Crippen molar-refractivity contribution in [3.05, 3.63) is 36.0 Å². The molecule has 2 aromatic heterocycles. The summed E-state index contributed by atoms with van der Waals surface area (Å²) in [5, 5.41) is 14.7. The summed E-state index contributed by atoms with van der Waals surface area (Å²) >= 11 is 0. The molecule has 198 valence electrons. The zero-order valence-corrected chi connectivity index (χ0v) is 20.4. The number of aromatic nitrogens is 4. The van der Waals surface area contributed by atoms with Gasteiger partial charge in [-0.05, 0) is 43.7 Å². The molecule has 1 atom stereocenters. The van der Waals surface area contributed by atoms with Crippen LogP contribution in [0.25, 0.3) is 0 Å². The highest BCUT2D eigenvalue weighted by molar-refractivity contribution is 5.77. The fourth-order valence-electron chi connectivity index (χ4n) is 6.40. The number of alkyl halides is 3. The van der Waals surface area contributed by atoms with Crippen molar-refractivity contribution in [3.8, 4) is 0 Å². The highest BCUT2D eigenvalue weighted by atomic mass is 19.4. The van der Waals surface area contributed by atoms with Crippen LogP contribution >= 0.6 is 0 Å². The molecule has 2 saturated carbocycles. The number of amides is 2. The zero-order chi connectivity index (χ0) is 25.6. The van der Waals surface area contributed by atoms with E-state index in [-0.39, 0.29) is 36.4 Å². The van der Waals surface area contributed by atoms with Crippen molar-refractivity contribution >= 4 is 11.8 Å². The fraction of sp³-hybridized carbons (Fsp3) is 0.680. The van der Waals surface area contributed by atoms with Crippen LogP contribution in [0.2, 0.25) is 0 Å². The molecule has 1 N–H and O–H groups in total. The quantitative estimate of drug-likeness (QED) is 0.671. The number of halogens is 3. The second kappa shape index (κ2) is 7.81. The predicted octanol–water partition coefficient (Wildman–Crippen LogP) is 2.90. The van der Waals surface area contributed by atoms with Crippen LogP contribution in [0.15, 0.2) is 24.7 Å². The molecular weight excluding hydrogens is 487 g/mol. The highest BCUT2D eigenvalue weighted by Crippen LogP contribution is 2.54. The normalized spacial score (nSPS) is 26.7. The molecule has 7 rings (SSSR count). The number of likely N-dealkylation sites (tertiary alicyclic amines) is 2. The van der Waals surface area contributed by atoms with Crippen LogP contribution in [0.5, 0.6) is 0 Å². The molecule has 37 heavy (non-hydrogen) atoms. The summed E-state index contributed by atoms with van der Waals surface area (Å²) in [6.45, 7) is 3.12. The van der Waals surface area contributed by atoms with Gasteiger partial charge in [0.25, 0.3) is 0 Å². The number of carbonyl (C=O) groups is 1. The van der Waals surface area contributed by atoms with Crippen molar-refractivity contribution in [1.29, 1.82) is 0 Å². The first kappa shape index (κ1) is 23.2. The van der Waals surface area contributed by atoms with Crippen molar-refractivity contribution in [2.24, 2.45) is 11.3 Å². The molecule has 3 aliphatic heterocycles. The Morgan fingerprint density at radius 1 is 1.05 bits per heavy atom. The predicted molar refractivity (Wildman–Crippen MR) is 126 cm³/mol. The number of rotatable bonds is 4. The van der Waals surface area contributed by atoms with Crippen LogP contribution in [0.1, 0.15) is 55.5 Å². The van der Waals surface area contributed by atoms with Gasteiger partial charge >= 0.3 is 12.2 Å². The van der Waals surface area contributed by atoms with Gasteiger partial charge in [0.2, 0.25) is 0 Å². The molecule has 9 nitrogen and oxygen atoms in total. The highest BCUT2D eigenvalue weighted by Gasteiger charge is 2.56. The van der Waals surface area contributed by atoms with E-state index in [9.17, 15) is 23.1 Å². The Hall–Kier alpha value is -2.89. The van der Waals surface area contributed by atoms with E-state index in [1.54, 1.807) is 23.5 Å². The van der Waals surface area contributed by atoms with Crippen LogP contribution in [0.3, 0.4) is 0 Å². The first-order valence-corrected chi connectivity index (χ1v) is 13.1. The van der Waals surface area contributed by atoms with Gasteiger partial charge in [-0.2, -0.15) is 18.3 Å². The first-order chi connectivity index (χ1) is 17.6. The van der Waals surface area contributed by atoms with Gasteiger partial charge in [0.1, 0.15) is 17.7 Å². The summed E-state index contributed by atoms with van der Waals surface area (Å²) in [4.78, 5) is 27.1. The summed E-state index contributed by atoms with van der Waals surface area (Å²) in [6.07, 6.45) is 2.81. The lowest BCUT2D eigenvalue weighted by Gasteiger charge is -2.60. The molecule has 2 aliphatic carbocycles. The van der Waals surface area contributed by atoms with Gasteiger partial charge in [0, 0.05) is 56.8 Å². The Labute approximate surface area is 212 Å². The summed E-state index contributed by atoms with van der Waals surface area (Å²) in [7, 11) is 0. The van der Waals surface area contributed by atoms with Gasteiger partial charge < -0.3 is 19.8 Å². The Morgan fingerprint density at radius 3 is 2.43 bits per heavy atom. The molecule has 5 aliphatic rings. The molecule has 0 aromatic carbocycles. The molecule has 12 heteroatoms. The van der Waals surface area contributed by atoms with Crippen LogP contribution < -0.4 is 4.90 Å². The number of pyridine rings is 1. The lowest BCUT2D eigenvalue weighted by molar-refractivity contribution is -0.168. The summed E-state index contributed by atoms with van der Waals surface area (Å²) in [5.74, 6) is 0.0291. The van der Waals surface area contributed by atoms with Gasteiger partial charge in [-0.3, -0.25) is 0 Å². The number of aliphatic hydroxyl groups is 1. The minimum absolute atomic E-state index is 0.0388. The van der Waals surface area contributed by atoms with E-state index in [1.807, 2.05) is 20.5 Å². The number of urea groups is 1. The second-order valence-corrected chi connectivity index (χ2v) is 11.8. The third-order valence-corrected chi connectivity index (χ3v) is 9.05. The largest absolute Gasteiger partial charge is 0.393 e. The summed E-state index contributed by atoms with van der Waals surface area (Å²) < 4.78 is 40.7. The maximum Gasteiger partial charge on any atom is 0.393 e. The van der Waals surface area contributed by atoms with Crippen LogP contribution in [0, 0.1) is 11.3 Å². The topological polar surface area (TPSA) is 90.6 Å². The lowest BCUT2D eigenvalue weighted by atomic mass is 9.61.